The topological polar surface area (TPSA) is 83.2 Å². The summed E-state index contributed by atoms with van der Waals surface area (Å²) in [5, 5.41) is 0. The van der Waals surface area contributed by atoms with E-state index in [0.717, 1.165) is 0 Å². The molecule has 0 aliphatic heterocycles. The van der Waals surface area contributed by atoms with Crippen LogP contribution in [0.2, 0.25) is 0 Å². The van der Waals surface area contributed by atoms with E-state index >= 15 is 0 Å². The van der Waals surface area contributed by atoms with Gasteiger partial charge >= 0.3 is 0 Å². The summed E-state index contributed by atoms with van der Waals surface area (Å²) in [4.78, 5) is 10.5. The molecule has 0 aliphatic rings. The molecule has 1 atom stereocenters. The Morgan fingerprint density at radius 2 is 2.10 bits per heavy atom. The summed E-state index contributed by atoms with van der Waals surface area (Å²) >= 11 is -2.21. The van der Waals surface area contributed by atoms with E-state index in [4.69, 9.17) is 5.73 Å². The van der Waals surface area contributed by atoms with Crippen molar-refractivity contribution in [1.29, 1.82) is 0 Å². The van der Waals surface area contributed by atoms with Gasteiger partial charge < -0.3 is 10.3 Å². The van der Waals surface area contributed by atoms with E-state index in [2.05, 4.69) is 0 Å². The second-order valence-electron chi connectivity index (χ2n) is 2.70. The lowest BCUT2D eigenvalue weighted by atomic mass is 9.96. The van der Waals surface area contributed by atoms with E-state index in [9.17, 15) is 13.6 Å². The molecule has 0 aromatic carbocycles. The molecule has 0 heterocycles. The van der Waals surface area contributed by atoms with Crippen molar-refractivity contribution in [3.63, 3.8) is 0 Å². The monoisotopic (exact) mass is 164 g/mol. The fourth-order valence-electron chi connectivity index (χ4n) is 0.366. The summed E-state index contributed by atoms with van der Waals surface area (Å²) in [7, 11) is 0. The van der Waals surface area contributed by atoms with Crippen LogP contribution in [0.4, 0.5) is 0 Å². The van der Waals surface area contributed by atoms with Crippen molar-refractivity contribution < 1.29 is 13.6 Å². The molecule has 0 spiro atoms. The Bertz CT molecular complexity index is 166. The number of carbonyl (C=O) groups excluding carboxylic acids is 1. The number of carbonyl (C=O) groups is 1. The second kappa shape index (κ2) is 3.12. The van der Waals surface area contributed by atoms with E-state index in [1.807, 2.05) is 0 Å². The van der Waals surface area contributed by atoms with Crippen LogP contribution in [0, 0.1) is 5.41 Å². The third-order valence-electron chi connectivity index (χ3n) is 1.15. The van der Waals surface area contributed by atoms with Crippen LogP contribution < -0.4 is 5.73 Å². The van der Waals surface area contributed by atoms with Gasteiger partial charge in [-0.05, 0) is 0 Å². The zero-order valence-corrected chi connectivity index (χ0v) is 6.73. The van der Waals surface area contributed by atoms with Crippen molar-refractivity contribution in [1.82, 2.24) is 0 Å². The predicted molar refractivity (Wildman–Crippen MR) is 36.8 cm³/mol. The normalized spacial score (nSPS) is 14.7. The van der Waals surface area contributed by atoms with Gasteiger partial charge in [-0.2, -0.15) is 0 Å². The van der Waals surface area contributed by atoms with Gasteiger partial charge in [0.2, 0.25) is 5.91 Å². The van der Waals surface area contributed by atoms with Crippen molar-refractivity contribution in [3.05, 3.63) is 0 Å². The van der Waals surface area contributed by atoms with E-state index in [-0.39, 0.29) is 5.75 Å². The summed E-state index contributed by atoms with van der Waals surface area (Å²) in [6.07, 6.45) is 0. The van der Waals surface area contributed by atoms with Crippen LogP contribution in [0.5, 0.6) is 0 Å². The Morgan fingerprint density at radius 3 is 2.20 bits per heavy atom. The summed E-state index contributed by atoms with van der Waals surface area (Å²) < 4.78 is 20.2. The highest BCUT2D eigenvalue weighted by Crippen LogP contribution is 2.14. The Morgan fingerprint density at radius 1 is 1.70 bits per heavy atom. The van der Waals surface area contributed by atoms with Crippen molar-refractivity contribution in [3.8, 4) is 0 Å². The third kappa shape index (κ3) is 2.93. The van der Waals surface area contributed by atoms with Gasteiger partial charge in [0.05, 0.1) is 5.41 Å². The van der Waals surface area contributed by atoms with Gasteiger partial charge in [0, 0.05) is 5.75 Å². The lowest BCUT2D eigenvalue weighted by molar-refractivity contribution is -0.124. The lowest BCUT2D eigenvalue weighted by Crippen LogP contribution is -2.36. The average Bonchev–Trinajstić information content (AvgIpc) is 1.60. The number of hydrogen-bond acceptors (Lipinski definition) is 3. The lowest BCUT2D eigenvalue weighted by Gasteiger charge is -2.20. The number of rotatable bonds is 3. The fraction of sp³-hybridized carbons (Fsp3) is 0.800. The van der Waals surface area contributed by atoms with Gasteiger partial charge in [-0.1, -0.05) is 24.9 Å². The molecule has 0 saturated heterocycles. The first-order chi connectivity index (χ1) is 4.36. The van der Waals surface area contributed by atoms with Crippen molar-refractivity contribution in [2.45, 2.75) is 13.8 Å². The Balaban J connectivity index is 4.13. The highest BCUT2D eigenvalue weighted by molar-refractivity contribution is 7.79. The van der Waals surface area contributed by atoms with Gasteiger partial charge in [0.1, 0.15) is 0 Å². The van der Waals surface area contributed by atoms with Crippen molar-refractivity contribution in [2.75, 3.05) is 5.75 Å². The van der Waals surface area contributed by atoms with Gasteiger partial charge in [0.15, 0.2) is 0 Å². The van der Waals surface area contributed by atoms with Crippen LogP contribution in [-0.4, -0.2) is 20.4 Å². The Labute approximate surface area is 62.1 Å². The minimum atomic E-state index is -2.21. The number of hydrogen-bond donors (Lipinski definition) is 1. The second-order valence-corrected chi connectivity index (χ2v) is 3.59. The molecule has 0 saturated carbocycles. The third-order valence-corrected chi connectivity index (χ3v) is 2.10. The number of nitrogens with two attached hydrogens (primary N) is 1. The zero-order valence-electron chi connectivity index (χ0n) is 5.92. The summed E-state index contributed by atoms with van der Waals surface area (Å²) in [5.41, 5.74) is 3.95. The maximum atomic E-state index is 10.5. The first kappa shape index (κ1) is 9.58. The Kier molecular flexibility index (Phi) is 2.98. The van der Waals surface area contributed by atoms with Crippen LogP contribution in [0.15, 0.2) is 0 Å². The maximum absolute atomic E-state index is 10.5. The number of amides is 1. The molecule has 1 unspecified atom stereocenters. The highest BCUT2D eigenvalue weighted by atomic mass is 32.2. The predicted octanol–water partition coefficient (Wildman–Crippen LogP) is -0.623. The molecule has 10 heavy (non-hydrogen) atoms. The molecule has 1 amide bonds. The Hall–Kier alpha value is -0.420. The van der Waals surface area contributed by atoms with Crippen LogP contribution in [0.25, 0.3) is 0 Å². The van der Waals surface area contributed by atoms with Crippen molar-refractivity contribution >= 4 is 17.0 Å². The molecular formula is C5H10NO3S-. The summed E-state index contributed by atoms with van der Waals surface area (Å²) in [6, 6.07) is 0. The molecule has 0 aromatic rings. The van der Waals surface area contributed by atoms with E-state index in [1.54, 1.807) is 0 Å². The molecule has 0 rings (SSSR count). The maximum Gasteiger partial charge on any atom is 0.223 e. The highest BCUT2D eigenvalue weighted by Gasteiger charge is 2.24. The molecule has 0 fully saturated rings. The molecule has 0 aliphatic carbocycles. The number of primary amides is 1. The smallest absolute Gasteiger partial charge is 0.223 e. The van der Waals surface area contributed by atoms with E-state index < -0.39 is 22.4 Å². The van der Waals surface area contributed by atoms with Gasteiger partial charge in [-0.15, -0.1) is 0 Å². The summed E-state index contributed by atoms with van der Waals surface area (Å²) in [5.74, 6) is -0.820. The fourth-order valence-corrected chi connectivity index (χ4v) is 1.10. The quantitative estimate of drug-likeness (QED) is 0.564. The van der Waals surface area contributed by atoms with E-state index in [0.29, 0.717) is 0 Å². The molecule has 0 aromatic heterocycles. The first-order valence-corrected chi connectivity index (χ1v) is 3.96. The molecule has 4 nitrogen and oxygen atoms in total. The first-order valence-electron chi connectivity index (χ1n) is 2.72. The van der Waals surface area contributed by atoms with Crippen LogP contribution in [-0.2, 0) is 15.9 Å². The van der Waals surface area contributed by atoms with Crippen LogP contribution >= 0.6 is 0 Å². The minimum absolute atomic E-state index is 0.220. The van der Waals surface area contributed by atoms with Gasteiger partial charge in [0.25, 0.3) is 0 Å². The van der Waals surface area contributed by atoms with Crippen LogP contribution in [0.3, 0.4) is 0 Å². The van der Waals surface area contributed by atoms with Gasteiger partial charge in [-0.25, -0.2) is 0 Å². The minimum Gasteiger partial charge on any atom is -0.772 e. The average molecular weight is 164 g/mol. The zero-order chi connectivity index (χ0) is 8.36. The molecule has 2 N–H and O–H groups in total. The van der Waals surface area contributed by atoms with E-state index in [1.165, 1.54) is 13.8 Å². The standard InChI is InChI=1S/C5H11NO3S/c1-5(2,4(6)7)3-10(8)9/h3H2,1-2H3,(H2,6,7)(H,8,9)/p-1. The largest absolute Gasteiger partial charge is 0.772 e. The molecule has 0 radical (unpaired) electrons. The molecule has 60 valence electrons. The van der Waals surface area contributed by atoms with Gasteiger partial charge in [-0.3, -0.25) is 9.00 Å². The molecular weight excluding hydrogens is 154 g/mol. The van der Waals surface area contributed by atoms with Crippen LogP contribution in [0.1, 0.15) is 13.8 Å². The SMILES string of the molecule is CC(C)(CS(=O)[O-])C(N)=O. The summed E-state index contributed by atoms with van der Waals surface area (Å²) in [6.45, 7) is 2.98. The molecule has 5 heteroatoms. The molecule has 0 bridgehead atoms. The van der Waals surface area contributed by atoms with Crippen molar-refractivity contribution in [2.24, 2.45) is 11.1 Å².